The number of ether oxygens (including phenoxy) is 1. The fourth-order valence-electron chi connectivity index (χ4n) is 3.82. The molecule has 0 amide bonds. The van der Waals surface area contributed by atoms with Gasteiger partial charge in [0.15, 0.2) is 0 Å². The van der Waals surface area contributed by atoms with E-state index in [0.29, 0.717) is 31.9 Å². The van der Waals surface area contributed by atoms with Gasteiger partial charge in [0.2, 0.25) is 0 Å². The molecule has 0 aliphatic heterocycles. The van der Waals surface area contributed by atoms with Crippen LogP contribution in [0.15, 0.2) is 42.5 Å². The second-order valence-corrected chi connectivity index (χ2v) is 8.46. The van der Waals surface area contributed by atoms with Gasteiger partial charge in [-0.1, -0.05) is 43.7 Å². The molecule has 0 spiro atoms. The Morgan fingerprint density at radius 2 is 1.79 bits per heavy atom. The highest BCUT2D eigenvalue weighted by Gasteiger charge is 2.17. The molecule has 180 valence electrons. The average molecular weight is 493 g/mol. The number of halogens is 2. The van der Waals surface area contributed by atoms with Gasteiger partial charge >= 0.3 is 5.97 Å². The van der Waals surface area contributed by atoms with E-state index in [1.54, 1.807) is 0 Å². The number of nitrogens with zero attached hydrogens (tertiary/aromatic N) is 1. The van der Waals surface area contributed by atoms with Gasteiger partial charge in [0.05, 0.1) is 12.1 Å². The van der Waals surface area contributed by atoms with Crippen LogP contribution in [0.4, 0.5) is 0 Å². The van der Waals surface area contributed by atoms with Crippen molar-refractivity contribution >= 4 is 41.7 Å². The number of rotatable bonds is 10. The lowest BCUT2D eigenvalue weighted by molar-refractivity contribution is -0.137. The molecule has 1 aromatic heterocycles. The molecule has 3 rings (SSSR count). The van der Waals surface area contributed by atoms with Crippen molar-refractivity contribution in [1.82, 2.24) is 4.98 Å². The number of pyridine rings is 1. The standard InChI is InChI=1S/C26H32N2O3.2ClH/c1-17(2)14-24-22(16-27)26(19-9-7-18(3)8-10-19)21-15-20(11-12-23(21)28-24)31-13-5-4-6-25(29)30;;/h7-12,15,17H,4-6,13-14,16,27H2,1-3H3,(H,29,30);2*1H. The van der Waals surface area contributed by atoms with Crippen LogP contribution in [0.2, 0.25) is 0 Å². The summed E-state index contributed by atoms with van der Waals surface area (Å²) in [5.74, 6) is 0.470. The highest BCUT2D eigenvalue weighted by molar-refractivity contribution is 5.97. The molecule has 2 aromatic carbocycles. The fraction of sp³-hybridized carbons (Fsp3) is 0.385. The van der Waals surface area contributed by atoms with Crippen LogP contribution >= 0.6 is 24.8 Å². The first kappa shape index (κ1) is 28.7. The number of hydrogen-bond donors (Lipinski definition) is 2. The lowest BCUT2D eigenvalue weighted by atomic mass is 9.91. The Balaban J connectivity index is 0.00000272. The van der Waals surface area contributed by atoms with Crippen molar-refractivity contribution in [2.45, 2.75) is 53.0 Å². The third-order valence-corrected chi connectivity index (χ3v) is 5.34. The van der Waals surface area contributed by atoms with Crippen molar-refractivity contribution in [1.29, 1.82) is 0 Å². The normalized spacial score (nSPS) is 10.6. The molecule has 0 aliphatic carbocycles. The van der Waals surface area contributed by atoms with E-state index in [-0.39, 0.29) is 31.2 Å². The quantitative estimate of drug-likeness (QED) is 0.322. The van der Waals surface area contributed by atoms with Crippen molar-refractivity contribution in [2.75, 3.05) is 6.61 Å². The van der Waals surface area contributed by atoms with E-state index in [4.69, 9.17) is 20.6 Å². The zero-order chi connectivity index (χ0) is 22.4. The van der Waals surface area contributed by atoms with Crippen molar-refractivity contribution < 1.29 is 14.6 Å². The second-order valence-electron chi connectivity index (χ2n) is 8.46. The molecular weight excluding hydrogens is 459 g/mol. The largest absolute Gasteiger partial charge is 0.494 e. The minimum atomic E-state index is -0.772. The summed E-state index contributed by atoms with van der Waals surface area (Å²) in [6.45, 7) is 7.38. The van der Waals surface area contributed by atoms with E-state index >= 15 is 0 Å². The molecule has 3 aromatic rings. The van der Waals surface area contributed by atoms with Crippen LogP contribution in [0.3, 0.4) is 0 Å². The van der Waals surface area contributed by atoms with E-state index in [2.05, 4.69) is 45.0 Å². The Labute approximate surface area is 208 Å². The molecule has 5 nitrogen and oxygen atoms in total. The molecule has 0 atom stereocenters. The Kier molecular flexibility index (Phi) is 11.6. The van der Waals surface area contributed by atoms with Gasteiger partial charge in [-0.2, -0.15) is 0 Å². The first-order chi connectivity index (χ1) is 14.9. The van der Waals surface area contributed by atoms with E-state index in [1.165, 1.54) is 5.56 Å². The summed E-state index contributed by atoms with van der Waals surface area (Å²) in [5, 5.41) is 9.80. The molecule has 0 fully saturated rings. The number of nitrogens with two attached hydrogens (primary N) is 1. The number of aryl methyl sites for hydroxylation is 1. The second kappa shape index (κ2) is 13.4. The summed E-state index contributed by atoms with van der Waals surface area (Å²) < 4.78 is 5.92. The van der Waals surface area contributed by atoms with Crippen LogP contribution in [-0.2, 0) is 17.8 Å². The van der Waals surface area contributed by atoms with E-state index < -0.39 is 5.97 Å². The van der Waals surface area contributed by atoms with E-state index in [9.17, 15) is 4.79 Å². The summed E-state index contributed by atoms with van der Waals surface area (Å²) >= 11 is 0. The van der Waals surface area contributed by atoms with Crippen LogP contribution in [0.25, 0.3) is 22.0 Å². The molecule has 3 N–H and O–H groups in total. The number of carboxylic acid groups (broad SMARTS) is 1. The molecule has 0 aliphatic rings. The van der Waals surface area contributed by atoms with Gasteiger partial charge in [-0.3, -0.25) is 9.78 Å². The Bertz CT molecular complexity index is 1050. The number of aromatic nitrogens is 1. The van der Waals surface area contributed by atoms with Crippen molar-refractivity contribution in [3.05, 3.63) is 59.3 Å². The van der Waals surface area contributed by atoms with Crippen molar-refractivity contribution in [3.63, 3.8) is 0 Å². The third-order valence-electron chi connectivity index (χ3n) is 5.34. The SMILES string of the molecule is Cc1ccc(-c2c(CN)c(CC(C)C)nc3ccc(OCCCCC(=O)O)cc23)cc1.Cl.Cl. The first-order valence-corrected chi connectivity index (χ1v) is 11.0. The number of aliphatic carboxylic acids is 1. The highest BCUT2D eigenvalue weighted by Crippen LogP contribution is 2.36. The summed E-state index contributed by atoms with van der Waals surface area (Å²) in [6, 6.07) is 14.5. The molecule has 33 heavy (non-hydrogen) atoms. The van der Waals surface area contributed by atoms with Crippen LogP contribution in [0.1, 0.15) is 49.9 Å². The summed E-state index contributed by atoms with van der Waals surface area (Å²) in [5.41, 5.74) is 12.8. The maximum absolute atomic E-state index is 10.7. The predicted molar refractivity (Wildman–Crippen MR) is 140 cm³/mol. The smallest absolute Gasteiger partial charge is 0.303 e. The number of unbranched alkanes of at least 4 members (excludes halogenated alkanes) is 1. The molecule has 0 unspecified atom stereocenters. The summed E-state index contributed by atoms with van der Waals surface area (Å²) in [4.78, 5) is 15.6. The van der Waals surface area contributed by atoms with Gasteiger partial charge in [-0.15, -0.1) is 24.8 Å². The molecule has 7 heteroatoms. The van der Waals surface area contributed by atoms with Gasteiger partial charge in [-0.05, 0) is 67.0 Å². The third kappa shape index (κ3) is 7.60. The number of carboxylic acids is 1. The number of fused-ring (bicyclic) bond motifs is 1. The first-order valence-electron chi connectivity index (χ1n) is 11.0. The van der Waals surface area contributed by atoms with E-state index in [0.717, 1.165) is 45.5 Å². The van der Waals surface area contributed by atoms with Gasteiger partial charge in [0.25, 0.3) is 0 Å². The van der Waals surface area contributed by atoms with Crippen molar-refractivity contribution in [3.8, 4) is 16.9 Å². The molecule has 0 saturated carbocycles. The Morgan fingerprint density at radius 3 is 2.39 bits per heavy atom. The summed E-state index contributed by atoms with van der Waals surface area (Å²) in [7, 11) is 0. The average Bonchev–Trinajstić information content (AvgIpc) is 2.72. The minimum absolute atomic E-state index is 0. The predicted octanol–water partition coefficient (Wildman–Crippen LogP) is 6.34. The lowest BCUT2D eigenvalue weighted by Gasteiger charge is -2.18. The monoisotopic (exact) mass is 492 g/mol. The zero-order valence-electron chi connectivity index (χ0n) is 19.5. The number of benzene rings is 2. The zero-order valence-corrected chi connectivity index (χ0v) is 21.1. The fourth-order valence-corrected chi connectivity index (χ4v) is 3.82. The summed E-state index contributed by atoms with van der Waals surface area (Å²) in [6.07, 6.45) is 2.36. The van der Waals surface area contributed by atoms with Gasteiger partial charge < -0.3 is 15.6 Å². The van der Waals surface area contributed by atoms with Gasteiger partial charge in [0, 0.05) is 24.0 Å². The number of carbonyl (C=O) groups is 1. The highest BCUT2D eigenvalue weighted by atomic mass is 35.5. The lowest BCUT2D eigenvalue weighted by Crippen LogP contribution is -2.10. The molecular formula is C26H34Cl2N2O3. The van der Waals surface area contributed by atoms with Crippen molar-refractivity contribution in [2.24, 2.45) is 11.7 Å². The minimum Gasteiger partial charge on any atom is -0.494 e. The molecule has 0 radical (unpaired) electrons. The molecule has 0 bridgehead atoms. The van der Waals surface area contributed by atoms with Crippen LogP contribution in [0, 0.1) is 12.8 Å². The molecule has 1 heterocycles. The van der Waals surface area contributed by atoms with Gasteiger partial charge in [-0.25, -0.2) is 0 Å². The van der Waals surface area contributed by atoms with Crippen LogP contribution in [-0.4, -0.2) is 22.7 Å². The maximum Gasteiger partial charge on any atom is 0.303 e. The van der Waals surface area contributed by atoms with Crippen LogP contribution in [0.5, 0.6) is 5.75 Å². The maximum atomic E-state index is 10.7. The van der Waals surface area contributed by atoms with Crippen LogP contribution < -0.4 is 10.5 Å². The topological polar surface area (TPSA) is 85.4 Å². The number of hydrogen-bond acceptors (Lipinski definition) is 4. The van der Waals surface area contributed by atoms with E-state index in [1.807, 2.05) is 18.2 Å². The van der Waals surface area contributed by atoms with Gasteiger partial charge in [0.1, 0.15) is 5.75 Å². The molecule has 0 saturated heterocycles. The Hall–Kier alpha value is -2.34. The Morgan fingerprint density at radius 1 is 1.09 bits per heavy atom.